The van der Waals surface area contributed by atoms with Gasteiger partial charge in [-0.15, -0.1) is 0 Å². The van der Waals surface area contributed by atoms with Gasteiger partial charge in [0.15, 0.2) is 0 Å². The van der Waals surface area contributed by atoms with Crippen LogP contribution in [0.25, 0.3) is 0 Å². The van der Waals surface area contributed by atoms with Crippen molar-refractivity contribution in [1.82, 2.24) is 10.6 Å². The predicted octanol–water partition coefficient (Wildman–Crippen LogP) is 1.33. The number of thioether (sulfide) groups is 1. The van der Waals surface area contributed by atoms with Gasteiger partial charge in [0.05, 0.1) is 0 Å². The Kier molecular flexibility index (Phi) is 3.74. The van der Waals surface area contributed by atoms with Crippen molar-refractivity contribution in [2.24, 2.45) is 11.8 Å². The molecular formula is C11H22N2S. The van der Waals surface area contributed by atoms with Gasteiger partial charge in [0.25, 0.3) is 0 Å². The average Bonchev–Trinajstić information content (AvgIpc) is 2.25. The molecule has 14 heavy (non-hydrogen) atoms. The smallest absolute Gasteiger partial charge is 0.0297 e. The molecule has 2 rings (SSSR count). The summed E-state index contributed by atoms with van der Waals surface area (Å²) in [4.78, 5) is 0. The zero-order valence-corrected chi connectivity index (χ0v) is 10.1. The number of hydrogen-bond acceptors (Lipinski definition) is 3. The van der Waals surface area contributed by atoms with Crippen LogP contribution < -0.4 is 10.6 Å². The zero-order chi connectivity index (χ0) is 9.97. The van der Waals surface area contributed by atoms with Crippen LogP contribution in [0, 0.1) is 11.8 Å². The molecule has 0 radical (unpaired) electrons. The molecule has 4 unspecified atom stereocenters. The minimum atomic E-state index is 0.798. The van der Waals surface area contributed by atoms with Gasteiger partial charge >= 0.3 is 0 Å². The van der Waals surface area contributed by atoms with Gasteiger partial charge in [-0.25, -0.2) is 0 Å². The monoisotopic (exact) mass is 214 g/mol. The van der Waals surface area contributed by atoms with Gasteiger partial charge in [0.1, 0.15) is 0 Å². The fourth-order valence-corrected chi connectivity index (χ4v) is 3.38. The highest BCUT2D eigenvalue weighted by Crippen LogP contribution is 2.33. The first-order valence-electron chi connectivity index (χ1n) is 5.83. The number of hydrogen-bond donors (Lipinski definition) is 2. The Balaban J connectivity index is 1.62. The molecule has 0 aromatic rings. The van der Waals surface area contributed by atoms with Crippen molar-refractivity contribution in [2.75, 3.05) is 25.4 Å². The van der Waals surface area contributed by atoms with Gasteiger partial charge in [0.2, 0.25) is 0 Å². The highest BCUT2D eigenvalue weighted by atomic mass is 32.2. The van der Waals surface area contributed by atoms with Crippen LogP contribution in [0.5, 0.6) is 0 Å². The van der Waals surface area contributed by atoms with Crippen LogP contribution in [0.15, 0.2) is 0 Å². The number of rotatable bonds is 3. The van der Waals surface area contributed by atoms with E-state index in [2.05, 4.69) is 36.2 Å². The van der Waals surface area contributed by atoms with Crippen LogP contribution in [-0.2, 0) is 0 Å². The summed E-state index contributed by atoms with van der Waals surface area (Å²) in [6.45, 7) is 8.31. The summed E-state index contributed by atoms with van der Waals surface area (Å²) in [5.41, 5.74) is 0. The van der Waals surface area contributed by atoms with Crippen molar-refractivity contribution in [3.05, 3.63) is 0 Å². The maximum Gasteiger partial charge on any atom is 0.0297 e. The van der Waals surface area contributed by atoms with Crippen molar-refractivity contribution >= 4 is 11.8 Å². The Labute approximate surface area is 91.6 Å². The van der Waals surface area contributed by atoms with E-state index in [-0.39, 0.29) is 0 Å². The lowest BCUT2D eigenvalue weighted by atomic mass is 9.71. The van der Waals surface area contributed by atoms with E-state index in [4.69, 9.17) is 0 Å². The maximum atomic E-state index is 3.71. The molecule has 2 fully saturated rings. The van der Waals surface area contributed by atoms with Gasteiger partial charge in [-0.2, -0.15) is 11.8 Å². The van der Waals surface area contributed by atoms with E-state index in [0.29, 0.717) is 0 Å². The van der Waals surface area contributed by atoms with Crippen LogP contribution in [-0.4, -0.2) is 36.7 Å². The Hall–Kier alpha value is 0.270. The fraction of sp³-hybridized carbons (Fsp3) is 1.00. The molecule has 1 heterocycles. The van der Waals surface area contributed by atoms with Crippen LogP contribution >= 0.6 is 11.8 Å². The molecule has 82 valence electrons. The topological polar surface area (TPSA) is 24.1 Å². The third kappa shape index (κ3) is 2.44. The van der Waals surface area contributed by atoms with E-state index >= 15 is 0 Å². The highest BCUT2D eigenvalue weighted by Gasteiger charge is 2.34. The summed E-state index contributed by atoms with van der Waals surface area (Å²) in [6, 6.07) is 0.799. The molecule has 0 aromatic carbocycles. The Morgan fingerprint density at radius 1 is 1.43 bits per heavy atom. The molecule has 1 aliphatic heterocycles. The molecule has 4 atom stereocenters. The lowest BCUT2D eigenvalue weighted by molar-refractivity contribution is 0.138. The highest BCUT2D eigenvalue weighted by molar-refractivity contribution is 8.00. The summed E-state index contributed by atoms with van der Waals surface area (Å²) in [5, 5.41) is 7.96. The van der Waals surface area contributed by atoms with E-state index in [9.17, 15) is 0 Å². The first-order chi connectivity index (χ1) is 6.77. The molecule has 1 aliphatic carbocycles. The van der Waals surface area contributed by atoms with E-state index in [0.717, 1.165) is 23.1 Å². The largest absolute Gasteiger partial charge is 0.315 e. The van der Waals surface area contributed by atoms with Crippen LogP contribution in [0.1, 0.15) is 20.3 Å². The molecule has 0 spiro atoms. The third-order valence-electron chi connectivity index (χ3n) is 3.77. The molecular weight excluding hydrogens is 192 g/mol. The standard InChI is InChI=1S/C11H22N2S/c1-8-5-11(9(8)2)13-7-10-6-12-3-4-14-10/h8-13H,3-7H2,1-2H3. The van der Waals surface area contributed by atoms with Crippen molar-refractivity contribution in [1.29, 1.82) is 0 Å². The second-order valence-corrected chi connectivity index (χ2v) is 6.19. The lowest BCUT2D eigenvalue weighted by Crippen LogP contribution is -2.51. The molecule has 1 saturated heterocycles. The molecule has 3 heteroatoms. The molecule has 2 N–H and O–H groups in total. The van der Waals surface area contributed by atoms with Crippen molar-refractivity contribution in [3.8, 4) is 0 Å². The number of nitrogens with one attached hydrogen (secondary N) is 2. The summed E-state index contributed by atoms with van der Waals surface area (Å²) in [7, 11) is 0. The maximum absolute atomic E-state index is 3.71. The second kappa shape index (κ2) is 4.86. The zero-order valence-electron chi connectivity index (χ0n) is 9.25. The first-order valence-corrected chi connectivity index (χ1v) is 6.88. The summed E-state index contributed by atoms with van der Waals surface area (Å²) in [5.74, 6) is 3.10. The Morgan fingerprint density at radius 2 is 2.29 bits per heavy atom. The molecule has 0 aromatic heterocycles. The quantitative estimate of drug-likeness (QED) is 0.741. The third-order valence-corrected chi connectivity index (χ3v) is 5.01. The summed E-state index contributed by atoms with van der Waals surface area (Å²) < 4.78 is 0. The van der Waals surface area contributed by atoms with Gasteiger partial charge in [-0.1, -0.05) is 13.8 Å². The van der Waals surface area contributed by atoms with Gasteiger partial charge < -0.3 is 10.6 Å². The van der Waals surface area contributed by atoms with E-state index in [1.165, 1.54) is 31.8 Å². The fourth-order valence-electron chi connectivity index (χ4n) is 2.33. The molecule has 2 aliphatic rings. The van der Waals surface area contributed by atoms with Crippen molar-refractivity contribution in [3.63, 3.8) is 0 Å². The van der Waals surface area contributed by atoms with Crippen LogP contribution in [0.2, 0.25) is 0 Å². The normalized spacial score (nSPS) is 43.3. The molecule has 0 amide bonds. The van der Waals surface area contributed by atoms with Crippen LogP contribution in [0.3, 0.4) is 0 Å². The molecule has 2 nitrogen and oxygen atoms in total. The van der Waals surface area contributed by atoms with E-state index < -0.39 is 0 Å². The first kappa shape index (κ1) is 10.8. The summed E-state index contributed by atoms with van der Waals surface area (Å²) >= 11 is 2.12. The Bertz CT molecular complexity index is 175. The van der Waals surface area contributed by atoms with Crippen LogP contribution in [0.4, 0.5) is 0 Å². The average molecular weight is 214 g/mol. The molecule has 1 saturated carbocycles. The van der Waals surface area contributed by atoms with Gasteiger partial charge in [-0.05, 0) is 18.3 Å². The van der Waals surface area contributed by atoms with Crippen molar-refractivity contribution < 1.29 is 0 Å². The predicted molar refractivity (Wildman–Crippen MR) is 63.9 cm³/mol. The Morgan fingerprint density at radius 3 is 2.86 bits per heavy atom. The van der Waals surface area contributed by atoms with E-state index in [1.807, 2.05) is 0 Å². The lowest BCUT2D eigenvalue weighted by Gasteiger charge is -2.42. The van der Waals surface area contributed by atoms with Gasteiger partial charge in [-0.3, -0.25) is 0 Å². The van der Waals surface area contributed by atoms with E-state index in [1.54, 1.807) is 0 Å². The second-order valence-electron chi connectivity index (χ2n) is 4.78. The molecule has 0 bridgehead atoms. The minimum absolute atomic E-state index is 0.798. The minimum Gasteiger partial charge on any atom is -0.315 e. The SMILES string of the molecule is CC1CC(NCC2CNCCS2)C1C. The van der Waals surface area contributed by atoms with Gasteiger partial charge in [0, 0.05) is 36.7 Å². The van der Waals surface area contributed by atoms with Crippen molar-refractivity contribution in [2.45, 2.75) is 31.6 Å². The summed E-state index contributed by atoms with van der Waals surface area (Å²) in [6.07, 6.45) is 1.38.